The molecular weight excluding hydrogens is 1010 g/mol. The van der Waals surface area contributed by atoms with Crippen molar-refractivity contribution in [3.63, 3.8) is 0 Å². The summed E-state index contributed by atoms with van der Waals surface area (Å²) < 4.78 is 16.9. The summed E-state index contributed by atoms with van der Waals surface area (Å²) in [5.41, 5.74) is 0. The Morgan fingerprint density at radius 2 is 0.476 bits per heavy atom. The summed E-state index contributed by atoms with van der Waals surface area (Å²) in [6.07, 6.45) is 91.4. The fraction of sp³-hybridized carbons (Fsp3) is 0.829. The fourth-order valence-corrected chi connectivity index (χ4v) is 10.8. The molecule has 0 rings (SSSR count). The number of ether oxygens (including phenoxy) is 3. The first-order chi connectivity index (χ1) is 40.5. The quantitative estimate of drug-likeness (QED) is 0.0261. The van der Waals surface area contributed by atoms with E-state index >= 15 is 0 Å². The Kier molecular flexibility index (Phi) is 68.1. The van der Waals surface area contributed by atoms with Crippen LogP contribution >= 0.6 is 0 Å². The summed E-state index contributed by atoms with van der Waals surface area (Å²) in [6.45, 7) is 6.54. The van der Waals surface area contributed by atoms with Crippen LogP contribution in [0.2, 0.25) is 0 Å². The average molecular weight is 1150 g/mol. The van der Waals surface area contributed by atoms with E-state index in [0.29, 0.717) is 19.3 Å². The lowest BCUT2D eigenvalue weighted by Crippen LogP contribution is -2.30. The van der Waals surface area contributed by atoms with Crippen LogP contribution < -0.4 is 0 Å². The van der Waals surface area contributed by atoms with Crippen LogP contribution in [-0.4, -0.2) is 37.2 Å². The molecule has 0 heterocycles. The van der Waals surface area contributed by atoms with Crippen LogP contribution in [0.1, 0.15) is 387 Å². The summed E-state index contributed by atoms with van der Waals surface area (Å²) in [5, 5.41) is 0. The molecule has 0 saturated heterocycles. The van der Waals surface area contributed by atoms with Crippen LogP contribution in [-0.2, 0) is 28.6 Å². The Hall–Kier alpha value is -2.89. The van der Waals surface area contributed by atoms with Gasteiger partial charge in [0.05, 0.1) is 0 Å². The molecule has 0 fully saturated rings. The van der Waals surface area contributed by atoms with Crippen molar-refractivity contribution in [3.05, 3.63) is 60.8 Å². The molecule has 0 aromatic carbocycles. The monoisotopic (exact) mass is 1150 g/mol. The normalized spacial score (nSPS) is 12.4. The van der Waals surface area contributed by atoms with E-state index in [1.54, 1.807) is 0 Å². The molecule has 0 aliphatic heterocycles. The van der Waals surface area contributed by atoms with Crippen molar-refractivity contribution >= 4 is 17.9 Å². The lowest BCUT2D eigenvalue weighted by atomic mass is 10.0. The molecule has 0 radical (unpaired) electrons. The highest BCUT2D eigenvalue weighted by molar-refractivity contribution is 5.71. The number of hydrogen-bond acceptors (Lipinski definition) is 6. The predicted octanol–water partition coefficient (Wildman–Crippen LogP) is 25.1. The molecule has 0 amide bonds. The molecule has 1 unspecified atom stereocenters. The third kappa shape index (κ3) is 67.9. The zero-order chi connectivity index (χ0) is 59.2. The predicted molar refractivity (Wildman–Crippen MR) is 358 cm³/mol. The van der Waals surface area contributed by atoms with Crippen molar-refractivity contribution in [3.8, 4) is 0 Å². The first-order valence-electron chi connectivity index (χ1n) is 36.3. The molecule has 6 heteroatoms. The molecule has 0 N–H and O–H groups in total. The maximum Gasteiger partial charge on any atom is 0.306 e. The van der Waals surface area contributed by atoms with Crippen molar-refractivity contribution in [1.82, 2.24) is 0 Å². The zero-order valence-corrected chi connectivity index (χ0v) is 55.0. The van der Waals surface area contributed by atoms with Crippen molar-refractivity contribution in [1.29, 1.82) is 0 Å². The second-order valence-corrected chi connectivity index (χ2v) is 24.5. The maximum atomic E-state index is 12.9. The van der Waals surface area contributed by atoms with Crippen molar-refractivity contribution < 1.29 is 28.6 Å². The minimum Gasteiger partial charge on any atom is -0.462 e. The number of carbonyl (C=O) groups is 3. The van der Waals surface area contributed by atoms with E-state index in [1.165, 1.54) is 250 Å². The Labute approximate surface area is 510 Å². The molecule has 0 aliphatic rings. The minimum atomic E-state index is -0.796. The second-order valence-electron chi connectivity index (χ2n) is 24.5. The smallest absolute Gasteiger partial charge is 0.306 e. The van der Waals surface area contributed by atoms with Crippen molar-refractivity contribution in [2.45, 2.75) is 393 Å². The molecule has 1 atom stereocenters. The Bertz CT molecular complexity index is 1460. The number of esters is 3. The largest absolute Gasteiger partial charge is 0.462 e. The molecule has 6 nitrogen and oxygen atoms in total. The number of hydrogen-bond donors (Lipinski definition) is 0. The van der Waals surface area contributed by atoms with E-state index in [1.807, 2.05) is 0 Å². The van der Waals surface area contributed by atoms with E-state index < -0.39 is 6.10 Å². The van der Waals surface area contributed by atoms with Gasteiger partial charge in [-0.05, 0) is 83.5 Å². The number of carbonyl (C=O) groups excluding carboxylic acids is 3. The van der Waals surface area contributed by atoms with Crippen LogP contribution in [0.5, 0.6) is 0 Å². The highest BCUT2D eigenvalue weighted by Crippen LogP contribution is 2.19. The summed E-state index contributed by atoms with van der Waals surface area (Å²) in [5.74, 6) is -0.918. The summed E-state index contributed by atoms with van der Waals surface area (Å²) in [7, 11) is 0. The van der Waals surface area contributed by atoms with Crippen LogP contribution in [0, 0.1) is 0 Å². The highest BCUT2D eigenvalue weighted by Gasteiger charge is 2.19. The molecule has 82 heavy (non-hydrogen) atoms. The first kappa shape index (κ1) is 79.1. The van der Waals surface area contributed by atoms with Gasteiger partial charge < -0.3 is 14.2 Å². The molecule has 0 aromatic rings. The molecule has 0 bridgehead atoms. The number of unbranched alkanes of at least 4 members (excludes halogenated alkanes) is 46. The van der Waals surface area contributed by atoms with Gasteiger partial charge in [0.2, 0.25) is 0 Å². The Morgan fingerprint density at radius 3 is 0.780 bits per heavy atom. The Balaban J connectivity index is 4.15. The molecule has 0 aliphatic carbocycles. The van der Waals surface area contributed by atoms with E-state index in [9.17, 15) is 14.4 Å². The van der Waals surface area contributed by atoms with Gasteiger partial charge in [-0.1, -0.05) is 345 Å². The van der Waals surface area contributed by atoms with Gasteiger partial charge in [0, 0.05) is 19.3 Å². The standard InChI is InChI=1S/C76H138O6/c1-4-7-10-13-16-19-22-25-28-30-31-32-33-34-35-36-37-38-39-40-41-42-43-44-45-46-49-51-54-57-60-63-66-69-75(78)81-72-73(71-80-74(77)68-65-62-59-56-53-50-47-27-24-21-18-15-12-9-6-3)82-76(79)70-67-64-61-58-55-52-48-29-26-23-20-17-14-11-8-5-2/h9,12,18,21,27,29,47-48,53,56,73H,4-8,10-11,13-17,19-20,22-26,28,30-46,49-52,54-55,57-72H2,1-3H3/b12-9-,21-18-,47-27-,48-29-,56-53-. The van der Waals surface area contributed by atoms with Gasteiger partial charge in [-0.15, -0.1) is 0 Å². The maximum absolute atomic E-state index is 12.9. The van der Waals surface area contributed by atoms with Crippen molar-refractivity contribution in [2.24, 2.45) is 0 Å². The molecule has 0 saturated carbocycles. The van der Waals surface area contributed by atoms with Crippen molar-refractivity contribution in [2.75, 3.05) is 13.2 Å². The molecular formula is C76H138O6. The van der Waals surface area contributed by atoms with Gasteiger partial charge >= 0.3 is 17.9 Å². The minimum absolute atomic E-state index is 0.0875. The molecule has 0 spiro atoms. The van der Waals surface area contributed by atoms with Gasteiger partial charge in [0.1, 0.15) is 13.2 Å². The van der Waals surface area contributed by atoms with Gasteiger partial charge in [0.25, 0.3) is 0 Å². The Morgan fingerprint density at radius 1 is 0.256 bits per heavy atom. The first-order valence-corrected chi connectivity index (χ1v) is 36.3. The second kappa shape index (κ2) is 70.6. The van der Waals surface area contributed by atoms with Crippen LogP contribution in [0.15, 0.2) is 60.8 Å². The highest BCUT2D eigenvalue weighted by atomic mass is 16.6. The SMILES string of the molecule is CC/C=C\C/C=C\C/C=C\C/C=C\CCCCC(=O)OCC(COC(=O)CCCCCCCCCCCCCCCCCCCCCCCCCCCCCCCCCCC)OC(=O)CCCCCCC/C=C\CCCCCCCCC. The van der Waals surface area contributed by atoms with Crippen LogP contribution in [0.25, 0.3) is 0 Å². The lowest BCUT2D eigenvalue weighted by molar-refractivity contribution is -0.167. The van der Waals surface area contributed by atoms with Gasteiger partial charge in [-0.25, -0.2) is 0 Å². The third-order valence-electron chi connectivity index (χ3n) is 16.3. The average Bonchev–Trinajstić information content (AvgIpc) is 3.47. The van der Waals surface area contributed by atoms with Gasteiger partial charge in [-0.2, -0.15) is 0 Å². The fourth-order valence-electron chi connectivity index (χ4n) is 10.8. The van der Waals surface area contributed by atoms with Gasteiger partial charge in [0.15, 0.2) is 6.10 Å². The number of allylic oxidation sites excluding steroid dienone is 10. The topological polar surface area (TPSA) is 78.9 Å². The van der Waals surface area contributed by atoms with E-state index in [4.69, 9.17) is 14.2 Å². The molecule has 0 aromatic heterocycles. The third-order valence-corrected chi connectivity index (χ3v) is 16.3. The number of rotatable bonds is 67. The summed E-state index contributed by atoms with van der Waals surface area (Å²) >= 11 is 0. The van der Waals surface area contributed by atoms with Crippen LogP contribution in [0.4, 0.5) is 0 Å². The van der Waals surface area contributed by atoms with E-state index in [-0.39, 0.29) is 31.1 Å². The summed E-state index contributed by atoms with van der Waals surface area (Å²) in [6, 6.07) is 0. The van der Waals surface area contributed by atoms with Crippen LogP contribution in [0.3, 0.4) is 0 Å². The zero-order valence-electron chi connectivity index (χ0n) is 55.0. The lowest BCUT2D eigenvalue weighted by Gasteiger charge is -2.18. The summed E-state index contributed by atoms with van der Waals surface area (Å²) in [4.78, 5) is 38.4. The van der Waals surface area contributed by atoms with Gasteiger partial charge in [-0.3, -0.25) is 14.4 Å². The van der Waals surface area contributed by atoms with E-state index in [2.05, 4.69) is 81.5 Å². The van der Waals surface area contributed by atoms with E-state index in [0.717, 1.165) is 96.3 Å². The molecule has 478 valence electrons.